The van der Waals surface area contributed by atoms with Crippen molar-refractivity contribution in [3.63, 3.8) is 0 Å². The van der Waals surface area contributed by atoms with Crippen molar-refractivity contribution < 1.29 is 24.1 Å². The highest BCUT2D eigenvalue weighted by atomic mass is 32.2. The van der Waals surface area contributed by atoms with Gasteiger partial charge in [0.15, 0.2) is 0 Å². The molecule has 0 amide bonds. The van der Waals surface area contributed by atoms with Crippen LogP contribution < -0.4 is 14.2 Å². The Morgan fingerprint density at radius 1 is 1.08 bits per heavy atom. The molecule has 2 aliphatic heterocycles. The van der Waals surface area contributed by atoms with Gasteiger partial charge in [-0.2, -0.15) is 0 Å². The van der Waals surface area contributed by atoms with Gasteiger partial charge in [-0.25, -0.2) is 0 Å². The van der Waals surface area contributed by atoms with E-state index < -0.39 is 5.97 Å². The zero-order chi connectivity index (χ0) is 26.6. The molecule has 2 unspecified atom stereocenters. The molecule has 2 heterocycles. The van der Waals surface area contributed by atoms with Crippen LogP contribution in [0.15, 0.2) is 54.6 Å². The van der Waals surface area contributed by atoms with Gasteiger partial charge < -0.3 is 19.3 Å². The van der Waals surface area contributed by atoms with Gasteiger partial charge in [-0.05, 0) is 78.6 Å². The molecular weight excluding hydrogens is 498 g/mol. The van der Waals surface area contributed by atoms with E-state index in [0.29, 0.717) is 30.6 Å². The highest BCUT2D eigenvalue weighted by Crippen LogP contribution is 2.38. The highest BCUT2D eigenvalue weighted by Gasteiger charge is 2.27. The maximum absolute atomic E-state index is 11.1. The molecule has 1 saturated heterocycles. The number of ether oxygens (including phenoxy) is 3. The Labute approximate surface area is 229 Å². The Hall–Kier alpha value is -3.16. The topological polar surface area (TPSA) is 68.2 Å². The number of fused-ring (bicyclic) bond motifs is 1. The number of nitrogens with zero attached hydrogens (tertiary/aromatic N) is 1. The fourth-order valence-corrected chi connectivity index (χ4v) is 6.13. The molecule has 0 saturated carbocycles. The number of aryl methyl sites for hydroxylation is 2. The van der Waals surface area contributed by atoms with Crippen LogP contribution in [-0.2, 0) is 11.4 Å². The number of hydrogen-bond donors (Lipinski definition) is 1. The van der Waals surface area contributed by atoms with Crippen molar-refractivity contribution in [2.24, 2.45) is 5.92 Å². The Morgan fingerprint density at radius 2 is 1.89 bits per heavy atom. The summed E-state index contributed by atoms with van der Waals surface area (Å²) in [6, 6.07) is 18.4. The third kappa shape index (κ3) is 6.11. The van der Waals surface area contributed by atoms with Gasteiger partial charge in [0.2, 0.25) is 0 Å². The molecule has 0 aliphatic carbocycles. The van der Waals surface area contributed by atoms with Crippen molar-refractivity contribution >= 4 is 17.9 Å². The lowest BCUT2D eigenvalue weighted by atomic mass is 9.94. The summed E-state index contributed by atoms with van der Waals surface area (Å²) >= 11 is 1.82. The minimum absolute atomic E-state index is 0.0728. The summed E-state index contributed by atoms with van der Waals surface area (Å²) in [6.45, 7) is 8.11. The molecule has 200 valence electrons. The molecule has 0 spiro atoms. The van der Waals surface area contributed by atoms with Crippen molar-refractivity contribution in [1.82, 2.24) is 4.31 Å². The number of carboxylic acid groups (broad SMARTS) is 1. The lowest BCUT2D eigenvalue weighted by molar-refractivity contribution is -0.137. The van der Waals surface area contributed by atoms with E-state index in [1.54, 1.807) is 0 Å². The van der Waals surface area contributed by atoms with Gasteiger partial charge in [-0.15, -0.1) is 0 Å². The summed E-state index contributed by atoms with van der Waals surface area (Å²) in [6.07, 6.45) is 3.40. The van der Waals surface area contributed by atoms with Crippen molar-refractivity contribution in [1.29, 1.82) is 0 Å². The quantitative estimate of drug-likeness (QED) is 0.299. The summed E-state index contributed by atoms with van der Waals surface area (Å²) in [7, 11) is 0. The van der Waals surface area contributed by atoms with Crippen LogP contribution in [-0.4, -0.2) is 47.9 Å². The first-order valence-electron chi connectivity index (χ1n) is 13.1. The fourth-order valence-electron chi connectivity index (χ4n) is 5.49. The van der Waals surface area contributed by atoms with Gasteiger partial charge in [-0.3, -0.25) is 9.10 Å². The van der Waals surface area contributed by atoms with E-state index in [-0.39, 0.29) is 12.3 Å². The molecule has 1 fully saturated rings. The molecule has 0 radical (unpaired) electrons. The van der Waals surface area contributed by atoms with Crippen molar-refractivity contribution in [3.05, 3.63) is 76.9 Å². The first-order valence-corrected chi connectivity index (χ1v) is 14.3. The molecule has 1 N–H and O–H groups in total. The summed E-state index contributed by atoms with van der Waals surface area (Å²) in [5, 5.41) is 9.11. The minimum atomic E-state index is -0.814. The molecule has 7 heteroatoms. The number of carboxylic acids is 1. The third-order valence-electron chi connectivity index (χ3n) is 7.41. The number of hydrogen-bond acceptors (Lipinski definition) is 6. The molecule has 3 aromatic rings. The molecule has 2 atom stereocenters. The molecule has 3 aromatic carbocycles. The summed E-state index contributed by atoms with van der Waals surface area (Å²) in [5.74, 6) is 2.03. The first-order chi connectivity index (χ1) is 18.4. The molecule has 38 heavy (non-hydrogen) atoms. The van der Waals surface area contributed by atoms with Gasteiger partial charge in [-0.1, -0.05) is 36.2 Å². The smallest absolute Gasteiger partial charge is 0.304 e. The first kappa shape index (κ1) is 26.4. The normalized spacial score (nSPS) is 18.7. The van der Waals surface area contributed by atoms with Gasteiger partial charge in [0.25, 0.3) is 0 Å². The zero-order valence-corrected chi connectivity index (χ0v) is 23.1. The second-order valence-electron chi connectivity index (χ2n) is 10.3. The van der Waals surface area contributed by atoms with Crippen molar-refractivity contribution in [3.8, 4) is 28.4 Å². The Bertz CT molecular complexity index is 1290. The monoisotopic (exact) mass is 533 g/mol. The highest BCUT2D eigenvalue weighted by molar-refractivity contribution is 7.96. The van der Waals surface area contributed by atoms with Crippen LogP contribution in [0.2, 0.25) is 0 Å². The van der Waals surface area contributed by atoms with Crippen molar-refractivity contribution in [2.45, 2.75) is 39.2 Å². The van der Waals surface area contributed by atoms with E-state index >= 15 is 0 Å². The van der Waals surface area contributed by atoms with Gasteiger partial charge in [0.05, 0.1) is 19.6 Å². The van der Waals surface area contributed by atoms with Crippen LogP contribution in [0.5, 0.6) is 17.2 Å². The molecule has 2 aliphatic rings. The van der Waals surface area contributed by atoms with E-state index in [9.17, 15) is 4.79 Å². The Balaban J connectivity index is 1.23. The van der Waals surface area contributed by atoms with Gasteiger partial charge in [0.1, 0.15) is 23.9 Å². The largest absolute Gasteiger partial charge is 0.493 e. The fraction of sp³-hybridized carbons (Fsp3) is 0.387. The van der Waals surface area contributed by atoms with Crippen LogP contribution in [0.4, 0.5) is 0 Å². The van der Waals surface area contributed by atoms with Crippen LogP contribution in [0, 0.1) is 19.8 Å². The average molecular weight is 534 g/mol. The van der Waals surface area contributed by atoms with Crippen LogP contribution in [0.1, 0.15) is 41.0 Å². The summed E-state index contributed by atoms with van der Waals surface area (Å²) < 4.78 is 20.4. The third-order valence-corrected chi connectivity index (χ3v) is 8.25. The van der Waals surface area contributed by atoms with E-state index in [0.717, 1.165) is 42.1 Å². The minimum Gasteiger partial charge on any atom is -0.493 e. The van der Waals surface area contributed by atoms with Crippen LogP contribution in [0.3, 0.4) is 0 Å². The van der Waals surface area contributed by atoms with Gasteiger partial charge in [0, 0.05) is 36.6 Å². The second-order valence-corrected chi connectivity index (χ2v) is 11.1. The predicted octanol–water partition coefficient (Wildman–Crippen LogP) is 6.48. The van der Waals surface area contributed by atoms with Crippen LogP contribution in [0.25, 0.3) is 11.1 Å². The van der Waals surface area contributed by atoms with Crippen LogP contribution >= 0.6 is 11.9 Å². The maximum Gasteiger partial charge on any atom is 0.304 e. The van der Waals surface area contributed by atoms with E-state index in [4.69, 9.17) is 19.3 Å². The van der Waals surface area contributed by atoms with Crippen molar-refractivity contribution in [2.75, 3.05) is 32.6 Å². The van der Waals surface area contributed by atoms with E-state index in [1.807, 2.05) is 30.1 Å². The molecule has 6 nitrogen and oxygen atoms in total. The molecule has 5 rings (SSSR count). The second kappa shape index (κ2) is 11.7. The van der Waals surface area contributed by atoms with E-state index in [2.05, 4.69) is 60.8 Å². The lowest BCUT2D eigenvalue weighted by Crippen LogP contribution is -2.16. The standard InChI is InChI=1S/C31H35NO5S/c1-20-11-27(36-18-23-9-10-32(16-23)38-3)12-21(2)31(20)24-6-4-5-22(13-24)17-35-26-7-8-28-25(14-30(33)34)19-37-29(28)15-26/h4-8,11-13,15,23,25H,9-10,14,16-19H2,1-3H3,(H,33,34). The summed E-state index contributed by atoms with van der Waals surface area (Å²) in [5.41, 5.74) is 6.79. The predicted molar refractivity (Wildman–Crippen MR) is 151 cm³/mol. The van der Waals surface area contributed by atoms with Gasteiger partial charge >= 0.3 is 5.97 Å². The SMILES string of the molecule is CSN1CCC(COc2cc(C)c(-c3cccc(COc4ccc5c(c4)OCC5CC(=O)O)c3)c(C)c2)C1. The molecule has 0 aromatic heterocycles. The van der Waals surface area contributed by atoms with E-state index in [1.165, 1.54) is 23.1 Å². The Morgan fingerprint density at radius 3 is 2.63 bits per heavy atom. The molecular formula is C31H35NO5S. The number of benzene rings is 3. The maximum atomic E-state index is 11.1. The number of carbonyl (C=O) groups is 1. The average Bonchev–Trinajstić information content (AvgIpc) is 3.52. The Kier molecular flexibility index (Phi) is 8.15. The number of rotatable bonds is 10. The molecule has 0 bridgehead atoms. The summed E-state index contributed by atoms with van der Waals surface area (Å²) in [4.78, 5) is 11.1. The number of aliphatic carboxylic acids is 1. The zero-order valence-electron chi connectivity index (χ0n) is 22.2. The lowest BCUT2D eigenvalue weighted by Gasteiger charge is -2.17.